The Labute approximate surface area is 145 Å². The predicted octanol–water partition coefficient (Wildman–Crippen LogP) is 4.11. The Morgan fingerprint density at radius 3 is 2.87 bits per heavy atom. The van der Waals surface area contributed by atoms with Crippen molar-refractivity contribution in [3.05, 3.63) is 47.3 Å². The lowest BCUT2D eigenvalue weighted by Gasteiger charge is -1.96. The molecule has 0 saturated carbocycles. The molecular weight excluding hydrogens is 352 g/mol. The second kappa shape index (κ2) is 7.08. The van der Waals surface area contributed by atoms with Crippen LogP contribution in [-0.4, -0.2) is 27.1 Å². The molecule has 1 aromatic carbocycles. The van der Waals surface area contributed by atoms with Crippen molar-refractivity contribution in [3.63, 3.8) is 0 Å². The van der Waals surface area contributed by atoms with Crippen LogP contribution in [0.3, 0.4) is 0 Å². The number of halogens is 1. The molecular formula is C15H11ClN4OS2. The first-order valence-electron chi connectivity index (χ1n) is 6.55. The molecule has 5 nitrogen and oxygen atoms in total. The number of hydrogen-bond donors (Lipinski definition) is 1. The van der Waals surface area contributed by atoms with E-state index in [0.29, 0.717) is 15.3 Å². The summed E-state index contributed by atoms with van der Waals surface area (Å²) in [6, 6.07) is 5.42. The van der Waals surface area contributed by atoms with E-state index in [2.05, 4.69) is 20.3 Å². The van der Waals surface area contributed by atoms with E-state index in [1.165, 1.54) is 29.2 Å². The van der Waals surface area contributed by atoms with E-state index >= 15 is 0 Å². The normalized spacial score (nSPS) is 11.2. The van der Waals surface area contributed by atoms with Gasteiger partial charge >= 0.3 is 0 Å². The Balaban J connectivity index is 1.68. The molecule has 23 heavy (non-hydrogen) atoms. The monoisotopic (exact) mass is 362 g/mol. The Morgan fingerprint density at radius 1 is 1.35 bits per heavy atom. The molecule has 0 fully saturated rings. The van der Waals surface area contributed by atoms with Crippen LogP contribution in [0.2, 0.25) is 5.02 Å². The molecule has 1 N–H and O–H groups in total. The molecule has 0 spiro atoms. The van der Waals surface area contributed by atoms with Gasteiger partial charge in [0.05, 0.1) is 10.2 Å². The fraction of sp³-hybridized carbons (Fsp3) is 0.0667. The van der Waals surface area contributed by atoms with Crippen molar-refractivity contribution in [2.45, 2.75) is 5.16 Å². The van der Waals surface area contributed by atoms with Crippen LogP contribution < -0.4 is 5.32 Å². The molecule has 0 saturated heterocycles. The maximum absolute atomic E-state index is 12.0. The highest BCUT2D eigenvalue weighted by atomic mass is 35.5. The predicted molar refractivity (Wildman–Crippen MR) is 96.1 cm³/mol. The highest BCUT2D eigenvalue weighted by Gasteiger charge is 2.06. The molecule has 3 rings (SSSR count). The van der Waals surface area contributed by atoms with Gasteiger partial charge in [0.25, 0.3) is 0 Å². The zero-order valence-electron chi connectivity index (χ0n) is 12.0. The summed E-state index contributed by atoms with van der Waals surface area (Å²) in [5, 5.41) is 4.61. The summed E-state index contributed by atoms with van der Waals surface area (Å²) in [6.07, 6.45) is 8.33. The lowest BCUT2D eigenvalue weighted by Crippen LogP contribution is -2.07. The first kappa shape index (κ1) is 15.9. The first-order chi connectivity index (χ1) is 11.1. The minimum absolute atomic E-state index is 0.260. The number of nitrogens with one attached hydrogen (secondary N) is 1. The molecule has 0 aliphatic rings. The highest BCUT2D eigenvalue weighted by Crippen LogP contribution is 2.28. The summed E-state index contributed by atoms with van der Waals surface area (Å²) >= 11 is 8.78. The number of benzene rings is 1. The molecule has 0 radical (unpaired) electrons. The largest absolute Gasteiger partial charge is 0.298 e. The Hall–Kier alpha value is -1.96. The number of aromatic nitrogens is 3. The molecule has 116 valence electrons. The van der Waals surface area contributed by atoms with Gasteiger partial charge in [0.2, 0.25) is 5.91 Å². The van der Waals surface area contributed by atoms with Crippen LogP contribution in [-0.2, 0) is 4.79 Å². The average Bonchev–Trinajstić information content (AvgIpc) is 2.94. The number of fused-ring (bicyclic) bond motifs is 1. The van der Waals surface area contributed by atoms with Crippen molar-refractivity contribution in [1.82, 2.24) is 15.0 Å². The quantitative estimate of drug-likeness (QED) is 0.429. The average molecular weight is 363 g/mol. The lowest BCUT2D eigenvalue weighted by molar-refractivity contribution is -0.111. The zero-order valence-corrected chi connectivity index (χ0v) is 14.4. The fourth-order valence-corrected chi connectivity index (χ4v) is 3.25. The number of nitrogens with zero attached hydrogens (tertiary/aromatic N) is 3. The third-order valence-electron chi connectivity index (χ3n) is 2.84. The van der Waals surface area contributed by atoms with E-state index in [9.17, 15) is 4.79 Å². The topological polar surface area (TPSA) is 67.8 Å². The van der Waals surface area contributed by atoms with Gasteiger partial charge in [-0.2, -0.15) is 0 Å². The molecule has 2 heterocycles. The van der Waals surface area contributed by atoms with E-state index in [1.807, 2.05) is 18.4 Å². The van der Waals surface area contributed by atoms with Crippen LogP contribution >= 0.6 is 34.7 Å². The molecule has 0 aliphatic carbocycles. The molecule has 8 heteroatoms. The Bertz CT molecular complexity index is 877. The second-order valence-electron chi connectivity index (χ2n) is 4.46. The van der Waals surface area contributed by atoms with Crippen molar-refractivity contribution in [2.24, 2.45) is 0 Å². The smallest absolute Gasteiger partial charge is 0.250 e. The van der Waals surface area contributed by atoms with Crippen LogP contribution in [0.5, 0.6) is 0 Å². The third kappa shape index (κ3) is 4.07. The highest BCUT2D eigenvalue weighted by molar-refractivity contribution is 7.98. The number of rotatable bonds is 4. The van der Waals surface area contributed by atoms with Gasteiger partial charge in [0.1, 0.15) is 0 Å². The minimum atomic E-state index is -0.260. The van der Waals surface area contributed by atoms with E-state index in [-0.39, 0.29) is 5.91 Å². The summed E-state index contributed by atoms with van der Waals surface area (Å²) in [7, 11) is 0. The van der Waals surface area contributed by atoms with Crippen LogP contribution in [0.4, 0.5) is 5.13 Å². The van der Waals surface area contributed by atoms with Crippen molar-refractivity contribution in [2.75, 3.05) is 11.6 Å². The maximum Gasteiger partial charge on any atom is 0.250 e. The fourth-order valence-electron chi connectivity index (χ4n) is 1.79. The van der Waals surface area contributed by atoms with Crippen LogP contribution in [0.1, 0.15) is 5.56 Å². The molecule has 0 unspecified atom stereocenters. The molecule has 3 aromatic rings. The number of carbonyl (C=O) groups is 1. The molecule has 0 aliphatic heterocycles. The summed E-state index contributed by atoms with van der Waals surface area (Å²) in [5.41, 5.74) is 1.56. The van der Waals surface area contributed by atoms with Gasteiger partial charge < -0.3 is 0 Å². The van der Waals surface area contributed by atoms with Gasteiger partial charge in [0.15, 0.2) is 10.3 Å². The molecule has 0 atom stereocenters. The van der Waals surface area contributed by atoms with Gasteiger partial charge in [-0.15, -0.1) is 0 Å². The minimum Gasteiger partial charge on any atom is -0.298 e. The van der Waals surface area contributed by atoms with E-state index in [1.54, 1.807) is 24.5 Å². The molecule has 1 amide bonds. The SMILES string of the molecule is CSc1ncc(/C=C/C(=O)Nc2nc3ccc(Cl)cc3s2)cn1. The van der Waals surface area contributed by atoms with Crippen molar-refractivity contribution in [3.8, 4) is 0 Å². The summed E-state index contributed by atoms with van der Waals surface area (Å²) in [5.74, 6) is -0.260. The van der Waals surface area contributed by atoms with Gasteiger partial charge in [-0.05, 0) is 30.5 Å². The number of carbonyl (C=O) groups excluding carboxylic acids is 1. The third-order valence-corrected chi connectivity index (χ3v) is 4.58. The Kier molecular flexibility index (Phi) is 4.90. The second-order valence-corrected chi connectivity index (χ2v) is 6.70. The maximum atomic E-state index is 12.0. The number of hydrogen-bond acceptors (Lipinski definition) is 6. The molecule has 2 aromatic heterocycles. The van der Waals surface area contributed by atoms with Crippen molar-refractivity contribution in [1.29, 1.82) is 0 Å². The number of thiazole rings is 1. The van der Waals surface area contributed by atoms with Crippen LogP contribution in [0.25, 0.3) is 16.3 Å². The first-order valence-corrected chi connectivity index (χ1v) is 8.97. The van der Waals surface area contributed by atoms with E-state index < -0.39 is 0 Å². The van der Waals surface area contributed by atoms with Crippen LogP contribution in [0, 0.1) is 0 Å². The van der Waals surface area contributed by atoms with Gasteiger partial charge in [0, 0.05) is 29.1 Å². The van der Waals surface area contributed by atoms with Gasteiger partial charge in [-0.25, -0.2) is 15.0 Å². The van der Waals surface area contributed by atoms with Gasteiger partial charge in [-0.1, -0.05) is 34.7 Å². The summed E-state index contributed by atoms with van der Waals surface area (Å²) in [6.45, 7) is 0. The van der Waals surface area contributed by atoms with Crippen LogP contribution in [0.15, 0.2) is 41.8 Å². The number of thioether (sulfide) groups is 1. The Morgan fingerprint density at radius 2 is 2.13 bits per heavy atom. The van der Waals surface area contributed by atoms with E-state index in [0.717, 1.165) is 15.8 Å². The van der Waals surface area contributed by atoms with Crippen molar-refractivity contribution >= 4 is 62.0 Å². The van der Waals surface area contributed by atoms with Crippen molar-refractivity contribution < 1.29 is 4.79 Å². The van der Waals surface area contributed by atoms with Gasteiger partial charge in [-0.3, -0.25) is 10.1 Å². The standard InChI is InChI=1S/C15H11ClN4OS2/c1-22-14-17-7-9(8-18-14)2-5-13(21)20-15-19-11-4-3-10(16)6-12(11)23-15/h2-8H,1H3,(H,19,20,21)/b5-2+. The number of anilines is 1. The zero-order chi connectivity index (χ0) is 16.2. The van der Waals surface area contributed by atoms with E-state index in [4.69, 9.17) is 11.6 Å². The summed E-state index contributed by atoms with van der Waals surface area (Å²) in [4.78, 5) is 24.6. The summed E-state index contributed by atoms with van der Waals surface area (Å²) < 4.78 is 0.929. The lowest BCUT2D eigenvalue weighted by atomic mass is 10.3. The number of amides is 1. The molecule has 0 bridgehead atoms.